The van der Waals surface area contributed by atoms with Crippen molar-refractivity contribution in [3.63, 3.8) is 0 Å². The van der Waals surface area contributed by atoms with E-state index >= 15 is 0 Å². The summed E-state index contributed by atoms with van der Waals surface area (Å²) in [6, 6.07) is 18.3. The fourth-order valence-corrected chi connectivity index (χ4v) is 2.26. The predicted molar refractivity (Wildman–Crippen MR) is 92.4 cm³/mol. The van der Waals surface area contributed by atoms with Gasteiger partial charge in [-0.2, -0.15) is 0 Å². The van der Waals surface area contributed by atoms with Gasteiger partial charge in [-0.3, -0.25) is 4.79 Å². The van der Waals surface area contributed by atoms with Gasteiger partial charge >= 0.3 is 6.09 Å². The summed E-state index contributed by atoms with van der Waals surface area (Å²) in [6.45, 7) is 2.51. The van der Waals surface area contributed by atoms with E-state index in [1.165, 1.54) is 0 Å². The number of rotatable bonds is 7. The number of hydrogen-bond acceptors (Lipinski definition) is 3. The highest BCUT2D eigenvalue weighted by Gasteiger charge is 2.21. The zero-order valence-electron chi connectivity index (χ0n) is 13.7. The van der Waals surface area contributed by atoms with Crippen molar-refractivity contribution in [3.8, 4) is 0 Å². The van der Waals surface area contributed by atoms with Crippen LogP contribution < -0.4 is 10.6 Å². The Morgan fingerprint density at radius 1 is 0.958 bits per heavy atom. The smallest absolute Gasteiger partial charge is 0.408 e. The summed E-state index contributed by atoms with van der Waals surface area (Å²) in [5.41, 5.74) is 1.86. The molecule has 126 valence electrons. The van der Waals surface area contributed by atoms with Crippen molar-refractivity contribution in [3.05, 3.63) is 71.8 Å². The molecule has 0 aliphatic carbocycles. The molecule has 0 spiro atoms. The Balaban J connectivity index is 1.93. The SMILES string of the molecule is CCNC(=O)[C@H](Cc1ccccc1)NC(=O)OCc1ccccc1. The zero-order valence-corrected chi connectivity index (χ0v) is 13.7. The predicted octanol–water partition coefficient (Wildman–Crippen LogP) is 2.66. The molecule has 0 radical (unpaired) electrons. The molecule has 0 saturated carbocycles. The maximum absolute atomic E-state index is 12.2. The zero-order chi connectivity index (χ0) is 17.2. The van der Waals surface area contributed by atoms with E-state index in [0.29, 0.717) is 13.0 Å². The maximum atomic E-state index is 12.2. The van der Waals surface area contributed by atoms with Gasteiger partial charge in [0.05, 0.1) is 0 Å². The first-order valence-electron chi connectivity index (χ1n) is 7.98. The van der Waals surface area contributed by atoms with Crippen LogP contribution in [0.25, 0.3) is 0 Å². The third-order valence-electron chi connectivity index (χ3n) is 3.45. The molecule has 2 rings (SSSR count). The van der Waals surface area contributed by atoms with Crippen molar-refractivity contribution in [2.75, 3.05) is 6.54 Å². The van der Waals surface area contributed by atoms with Gasteiger partial charge in [-0.05, 0) is 18.1 Å². The molecule has 0 saturated heterocycles. The Labute approximate surface area is 142 Å². The van der Waals surface area contributed by atoms with Crippen LogP contribution in [0.1, 0.15) is 18.1 Å². The highest BCUT2D eigenvalue weighted by molar-refractivity contribution is 5.85. The summed E-state index contributed by atoms with van der Waals surface area (Å²) in [4.78, 5) is 24.2. The van der Waals surface area contributed by atoms with Gasteiger partial charge in [-0.15, -0.1) is 0 Å². The molecule has 5 nitrogen and oxygen atoms in total. The van der Waals surface area contributed by atoms with Gasteiger partial charge in [0.1, 0.15) is 12.6 Å². The van der Waals surface area contributed by atoms with Crippen molar-refractivity contribution in [1.29, 1.82) is 0 Å². The second kappa shape index (κ2) is 9.35. The summed E-state index contributed by atoms with van der Waals surface area (Å²) in [7, 11) is 0. The van der Waals surface area contributed by atoms with Crippen LogP contribution in [0.4, 0.5) is 4.79 Å². The maximum Gasteiger partial charge on any atom is 0.408 e. The van der Waals surface area contributed by atoms with Crippen molar-refractivity contribution in [2.45, 2.75) is 26.0 Å². The van der Waals surface area contributed by atoms with Crippen LogP contribution in [-0.2, 0) is 22.6 Å². The third-order valence-corrected chi connectivity index (χ3v) is 3.45. The first-order chi connectivity index (χ1) is 11.7. The molecule has 1 atom stereocenters. The van der Waals surface area contributed by atoms with Gasteiger partial charge in [0, 0.05) is 13.0 Å². The third kappa shape index (κ3) is 5.76. The summed E-state index contributed by atoms with van der Waals surface area (Å²) in [5.74, 6) is -0.224. The molecule has 0 aromatic heterocycles. The minimum Gasteiger partial charge on any atom is -0.445 e. The number of carbonyl (C=O) groups excluding carboxylic acids is 2. The van der Waals surface area contributed by atoms with Crippen molar-refractivity contribution in [1.82, 2.24) is 10.6 Å². The number of carbonyl (C=O) groups is 2. The largest absolute Gasteiger partial charge is 0.445 e. The number of alkyl carbamates (subject to hydrolysis) is 1. The average Bonchev–Trinajstić information content (AvgIpc) is 2.61. The van der Waals surface area contributed by atoms with Gasteiger partial charge in [0.2, 0.25) is 5.91 Å². The highest BCUT2D eigenvalue weighted by Crippen LogP contribution is 2.05. The number of likely N-dealkylation sites (N-methyl/N-ethyl adjacent to an activating group) is 1. The van der Waals surface area contributed by atoms with E-state index in [0.717, 1.165) is 11.1 Å². The second-order valence-electron chi connectivity index (χ2n) is 5.34. The van der Waals surface area contributed by atoms with Crippen LogP contribution in [-0.4, -0.2) is 24.6 Å². The van der Waals surface area contributed by atoms with Gasteiger partial charge < -0.3 is 15.4 Å². The first kappa shape index (κ1) is 17.5. The molecule has 0 heterocycles. The molecule has 2 aromatic carbocycles. The van der Waals surface area contributed by atoms with E-state index in [1.54, 1.807) is 0 Å². The number of nitrogens with one attached hydrogen (secondary N) is 2. The molecular weight excluding hydrogens is 304 g/mol. The molecular formula is C19H22N2O3. The fourth-order valence-electron chi connectivity index (χ4n) is 2.26. The van der Waals surface area contributed by atoms with E-state index < -0.39 is 12.1 Å². The molecule has 2 N–H and O–H groups in total. The molecule has 0 unspecified atom stereocenters. The van der Waals surface area contributed by atoms with Crippen molar-refractivity contribution in [2.24, 2.45) is 0 Å². The lowest BCUT2D eigenvalue weighted by Gasteiger charge is -2.18. The van der Waals surface area contributed by atoms with Crippen molar-refractivity contribution >= 4 is 12.0 Å². The van der Waals surface area contributed by atoms with Crippen molar-refractivity contribution < 1.29 is 14.3 Å². The quantitative estimate of drug-likeness (QED) is 0.822. The fraction of sp³-hybridized carbons (Fsp3) is 0.263. The first-order valence-corrected chi connectivity index (χ1v) is 7.98. The minimum atomic E-state index is -0.671. The van der Waals surface area contributed by atoms with E-state index in [9.17, 15) is 9.59 Å². The monoisotopic (exact) mass is 326 g/mol. The Bertz CT molecular complexity index is 644. The number of amides is 2. The molecule has 2 amide bonds. The molecule has 2 aromatic rings. The van der Waals surface area contributed by atoms with Gasteiger partial charge in [-0.1, -0.05) is 60.7 Å². The molecule has 0 bridgehead atoms. The molecule has 0 fully saturated rings. The summed E-state index contributed by atoms with van der Waals surface area (Å²) >= 11 is 0. The summed E-state index contributed by atoms with van der Waals surface area (Å²) in [6.07, 6.45) is -0.196. The van der Waals surface area contributed by atoms with Gasteiger partial charge in [-0.25, -0.2) is 4.79 Å². The van der Waals surface area contributed by atoms with Crippen LogP contribution in [0, 0.1) is 0 Å². The Kier molecular flexibility index (Phi) is 6.83. The van der Waals surface area contributed by atoms with Gasteiger partial charge in [0.25, 0.3) is 0 Å². The summed E-state index contributed by atoms with van der Waals surface area (Å²) < 4.78 is 5.19. The lowest BCUT2D eigenvalue weighted by molar-refractivity contribution is -0.122. The van der Waals surface area contributed by atoms with Gasteiger partial charge in [0.15, 0.2) is 0 Å². The van der Waals surface area contributed by atoms with E-state index in [-0.39, 0.29) is 12.5 Å². The van der Waals surface area contributed by atoms with E-state index in [1.807, 2.05) is 67.6 Å². The second-order valence-corrected chi connectivity index (χ2v) is 5.34. The van der Waals surface area contributed by atoms with E-state index in [4.69, 9.17) is 4.74 Å². The topological polar surface area (TPSA) is 67.4 Å². The van der Waals surface area contributed by atoms with Crippen LogP contribution in [0.2, 0.25) is 0 Å². The number of benzene rings is 2. The van der Waals surface area contributed by atoms with Crippen LogP contribution >= 0.6 is 0 Å². The minimum absolute atomic E-state index is 0.167. The van der Waals surface area contributed by atoms with Crippen LogP contribution in [0.15, 0.2) is 60.7 Å². The molecule has 5 heteroatoms. The normalized spacial score (nSPS) is 11.4. The lowest BCUT2D eigenvalue weighted by Crippen LogP contribution is -2.48. The summed E-state index contributed by atoms with van der Waals surface area (Å²) in [5, 5.41) is 5.38. The lowest BCUT2D eigenvalue weighted by atomic mass is 10.1. The average molecular weight is 326 g/mol. The van der Waals surface area contributed by atoms with E-state index in [2.05, 4.69) is 10.6 Å². The molecule has 0 aliphatic rings. The van der Waals surface area contributed by atoms with Crippen LogP contribution in [0.3, 0.4) is 0 Å². The standard InChI is InChI=1S/C19H22N2O3/c1-2-20-18(22)17(13-15-9-5-3-6-10-15)21-19(23)24-14-16-11-7-4-8-12-16/h3-12,17H,2,13-14H2,1H3,(H,20,22)(H,21,23)/t17-/m0/s1. The Hall–Kier alpha value is -2.82. The number of ether oxygens (including phenoxy) is 1. The molecule has 24 heavy (non-hydrogen) atoms. The molecule has 0 aliphatic heterocycles. The Morgan fingerprint density at radius 2 is 1.54 bits per heavy atom. The highest BCUT2D eigenvalue weighted by atomic mass is 16.5. The Morgan fingerprint density at radius 3 is 2.12 bits per heavy atom. The number of hydrogen-bond donors (Lipinski definition) is 2. The van der Waals surface area contributed by atoms with Crippen LogP contribution in [0.5, 0.6) is 0 Å².